The molecule has 2 N–H and O–H groups in total. The molecule has 0 unspecified atom stereocenters. The number of nitrogens with one attached hydrogen (secondary N) is 2. The first-order chi connectivity index (χ1) is 8.80. The van der Waals surface area contributed by atoms with Crippen molar-refractivity contribution in [3.8, 4) is 0 Å². The molecule has 1 saturated heterocycles. The van der Waals surface area contributed by atoms with Crippen LogP contribution in [0.15, 0.2) is 24.3 Å². The molecule has 1 aromatic carbocycles. The molecule has 1 heterocycles. The van der Waals surface area contributed by atoms with Crippen molar-refractivity contribution in [2.45, 2.75) is 25.8 Å². The van der Waals surface area contributed by atoms with Crippen molar-refractivity contribution in [1.82, 2.24) is 5.32 Å². The molecule has 0 aromatic heterocycles. The molecule has 104 valence electrons. The van der Waals surface area contributed by atoms with Crippen molar-refractivity contribution >= 4 is 32.9 Å². The first kappa shape index (κ1) is 14.3. The molecule has 6 heteroatoms. The minimum atomic E-state index is -2.93. The highest BCUT2D eigenvalue weighted by molar-refractivity contribution is 7.91. The van der Waals surface area contributed by atoms with Gasteiger partial charge in [0.15, 0.2) is 14.9 Å². The highest BCUT2D eigenvalue weighted by Gasteiger charge is 2.38. The van der Waals surface area contributed by atoms with Crippen LogP contribution in [0.1, 0.15) is 18.9 Å². The molecule has 0 aliphatic carbocycles. The average Bonchev–Trinajstić information content (AvgIpc) is 2.56. The number of rotatable bonds is 2. The number of para-hydroxylation sites is 1. The smallest absolute Gasteiger partial charge is 0.171 e. The number of sulfone groups is 1. The van der Waals surface area contributed by atoms with Crippen molar-refractivity contribution in [3.63, 3.8) is 0 Å². The zero-order valence-corrected chi connectivity index (χ0v) is 12.7. The van der Waals surface area contributed by atoms with E-state index in [-0.39, 0.29) is 11.5 Å². The SMILES string of the molecule is Cc1ccccc1NC(=S)N[C@@]1(C)CCS(=O)(=O)C1. The lowest BCUT2D eigenvalue weighted by molar-refractivity contribution is 0.474. The molecule has 0 spiro atoms. The van der Waals surface area contributed by atoms with Crippen LogP contribution < -0.4 is 10.6 Å². The fraction of sp³-hybridized carbons (Fsp3) is 0.462. The predicted molar refractivity (Wildman–Crippen MR) is 82.2 cm³/mol. The van der Waals surface area contributed by atoms with Gasteiger partial charge in [-0.15, -0.1) is 0 Å². The largest absolute Gasteiger partial charge is 0.356 e. The Hall–Kier alpha value is -1.14. The number of hydrogen-bond acceptors (Lipinski definition) is 3. The van der Waals surface area contributed by atoms with E-state index in [2.05, 4.69) is 10.6 Å². The van der Waals surface area contributed by atoms with Gasteiger partial charge in [0, 0.05) is 5.69 Å². The van der Waals surface area contributed by atoms with Crippen LogP contribution >= 0.6 is 12.2 Å². The first-order valence-electron chi connectivity index (χ1n) is 6.15. The van der Waals surface area contributed by atoms with Gasteiger partial charge in [0.2, 0.25) is 0 Å². The predicted octanol–water partition coefficient (Wildman–Crippen LogP) is 1.86. The number of benzene rings is 1. The third-order valence-corrected chi connectivity index (χ3v) is 5.42. The van der Waals surface area contributed by atoms with Crippen LogP contribution in [-0.4, -0.2) is 30.6 Å². The summed E-state index contributed by atoms with van der Waals surface area (Å²) in [4.78, 5) is 0. The molecular weight excluding hydrogens is 280 g/mol. The lowest BCUT2D eigenvalue weighted by atomic mass is 10.0. The summed E-state index contributed by atoms with van der Waals surface area (Å²) in [6.45, 7) is 3.88. The van der Waals surface area contributed by atoms with Gasteiger partial charge in [0.1, 0.15) is 0 Å². The molecule has 0 amide bonds. The van der Waals surface area contributed by atoms with E-state index in [1.165, 1.54) is 0 Å². The number of aryl methyl sites for hydroxylation is 1. The van der Waals surface area contributed by atoms with Crippen molar-refractivity contribution in [2.75, 3.05) is 16.8 Å². The summed E-state index contributed by atoms with van der Waals surface area (Å²) in [5.74, 6) is 0.360. The Bertz CT molecular complexity index is 598. The Morgan fingerprint density at radius 2 is 2.05 bits per heavy atom. The van der Waals surface area contributed by atoms with Crippen LogP contribution in [0.25, 0.3) is 0 Å². The number of anilines is 1. The van der Waals surface area contributed by atoms with Crippen molar-refractivity contribution in [3.05, 3.63) is 29.8 Å². The number of hydrogen-bond donors (Lipinski definition) is 2. The van der Waals surface area contributed by atoms with Gasteiger partial charge in [0.25, 0.3) is 0 Å². The van der Waals surface area contributed by atoms with E-state index in [4.69, 9.17) is 12.2 Å². The second-order valence-corrected chi connectivity index (χ2v) is 7.89. The molecule has 1 aliphatic rings. The second-order valence-electron chi connectivity index (χ2n) is 5.30. The standard InChI is InChI=1S/C13H18N2O2S2/c1-10-5-3-4-6-11(10)14-12(18)15-13(2)7-8-19(16,17)9-13/h3-6H,7-9H2,1-2H3,(H2,14,15,18)/t13-/m0/s1. The Labute approximate surface area is 119 Å². The van der Waals surface area contributed by atoms with Crippen molar-refractivity contribution in [1.29, 1.82) is 0 Å². The molecule has 19 heavy (non-hydrogen) atoms. The summed E-state index contributed by atoms with van der Waals surface area (Å²) in [5, 5.41) is 6.71. The quantitative estimate of drug-likeness (QED) is 0.816. The maximum atomic E-state index is 11.5. The Morgan fingerprint density at radius 1 is 1.37 bits per heavy atom. The summed E-state index contributed by atoms with van der Waals surface area (Å²) >= 11 is 5.26. The average molecular weight is 298 g/mol. The lowest BCUT2D eigenvalue weighted by Crippen LogP contribution is -2.48. The normalized spacial score (nSPS) is 24.9. The molecule has 0 radical (unpaired) electrons. The molecule has 1 aliphatic heterocycles. The van der Waals surface area contributed by atoms with E-state index in [0.29, 0.717) is 11.5 Å². The minimum Gasteiger partial charge on any atom is -0.356 e. The topological polar surface area (TPSA) is 58.2 Å². The molecule has 1 atom stereocenters. The molecule has 1 fully saturated rings. The van der Waals surface area contributed by atoms with Gasteiger partial charge in [-0.05, 0) is 44.1 Å². The van der Waals surface area contributed by atoms with E-state index in [1.807, 2.05) is 38.1 Å². The van der Waals surface area contributed by atoms with Crippen LogP contribution in [0.2, 0.25) is 0 Å². The summed E-state index contributed by atoms with van der Waals surface area (Å²) in [5.41, 5.74) is 1.56. The van der Waals surface area contributed by atoms with Crippen molar-refractivity contribution < 1.29 is 8.42 Å². The molecule has 0 bridgehead atoms. The maximum Gasteiger partial charge on any atom is 0.171 e. The molecule has 2 rings (SSSR count). The lowest BCUT2D eigenvalue weighted by Gasteiger charge is -2.26. The van der Waals surface area contributed by atoms with Gasteiger partial charge in [-0.3, -0.25) is 0 Å². The Kier molecular flexibility index (Phi) is 3.82. The fourth-order valence-corrected chi connectivity index (χ4v) is 4.70. The Morgan fingerprint density at radius 3 is 2.63 bits per heavy atom. The van der Waals surface area contributed by atoms with E-state index in [0.717, 1.165) is 11.3 Å². The van der Waals surface area contributed by atoms with E-state index < -0.39 is 15.4 Å². The third-order valence-electron chi connectivity index (χ3n) is 3.31. The molecule has 4 nitrogen and oxygen atoms in total. The Balaban J connectivity index is 2.01. The molecule has 0 saturated carbocycles. The third kappa shape index (κ3) is 3.67. The molecule has 1 aromatic rings. The van der Waals surface area contributed by atoms with Crippen LogP contribution in [0, 0.1) is 6.92 Å². The second kappa shape index (κ2) is 5.09. The van der Waals surface area contributed by atoms with Crippen molar-refractivity contribution in [2.24, 2.45) is 0 Å². The summed E-state index contributed by atoms with van der Waals surface area (Å²) in [6.07, 6.45) is 0.588. The highest BCUT2D eigenvalue weighted by Crippen LogP contribution is 2.23. The monoisotopic (exact) mass is 298 g/mol. The highest BCUT2D eigenvalue weighted by atomic mass is 32.2. The van der Waals surface area contributed by atoms with Gasteiger partial charge in [-0.1, -0.05) is 18.2 Å². The summed E-state index contributed by atoms with van der Waals surface area (Å²) in [7, 11) is -2.93. The van der Waals surface area contributed by atoms with Crippen LogP contribution in [0.3, 0.4) is 0 Å². The van der Waals surface area contributed by atoms with Crippen LogP contribution in [0.5, 0.6) is 0 Å². The zero-order valence-electron chi connectivity index (χ0n) is 11.1. The zero-order chi connectivity index (χ0) is 14.1. The van der Waals surface area contributed by atoms with Gasteiger partial charge < -0.3 is 10.6 Å². The maximum absolute atomic E-state index is 11.5. The van der Waals surface area contributed by atoms with Gasteiger partial charge in [-0.25, -0.2) is 8.42 Å². The van der Waals surface area contributed by atoms with Gasteiger partial charge in [-0.2, -0.15) is 0 Å². The minimum absolute atomic E-state index is 0.135. The fourth-order valence-electron chi connectivity index (χ4n) is 2.25. The molecular formula is C13H18N2O2S2. The van der Waals surface area contributed by atoms with E-state index >= 15 is 0 Å². The first-order valence-corrected chi connectivity index (χ1v) is 8.38. The van der Waals surface area contributed by atoms with Gasteiger partial charge in [0.05, 0.1) is 17.0 Å². The summed E-state index contributed by atoms with van der Waals surface area (Å²) < 4.78 is 23.1. The van der Waals surface area contributed by atoms with Crippen LogP contribution in [0.4, 0.5) is 5.69 Å². The van der Waals surface area contributed by atoms with E-state index in [9.17, 15) is 8.42 Å². The summed E-state index contributed by atoms with van der Waals surface area (Å²) in [6, 6.07) is 7.82. The van der Waals surface area contributed by atoms with Crippen LogP contribution in [-0.2, 0) is 9.84 Å². The van der Waals surface area contributed by atoms with E-state index in [1.54, 1.807) is 0 Å². The number of thiocarbonyl (C=S) groups is 1. The van der Waals surface area contributed by atoms with Gasteiger partial charge >= 0.3 is 0 Å².